The second-order valence-corrected chi connectivity index (χ2v) is 7.27. The van der Waals surface area contributed by atoms with E-state index in [9.17, 15) is 9.59 Å². The van der Waals surface area contributed by atoms with Crippen molar-refractivity contribution < 1.29 is 14.3 Å². The van der Waals surface area contributed by atoms with Gasteiger partial charge >= 0.3 is 0 Å². The molecule has 0 bridgehead atoms. The van der Waals surface area contributed by atoms with Gasteiger partial charge in [-0.05, 0) is 50.1 Å². The summed E-state index contributed by atoms with van der Waals surface area (Å²) < 4.78 is 5.19. The SMILES string of the molecule is COc1ccc(NC(=O)Cc2ccc(C)s2)c(C(=O)NC2CC2)c1. The molecular formula is C18H20N2O3S. The molecular weight excluding hydrogens is 324 g/mol. The molecule has 0 radical (unpaired) electrons. The monoisotopic (exact) mass is 344 g/mol. The quantitative estimate of drug-likeness (QED) is 0.846. The largest absolute Gasteiger partial charge is 0.497 e. The summed E-state index contributed by atoms with van der Waals surface area (Å²) in [6.07, 6.45) is 2.32. The van der Waals surface area contributed by atoms with E-state index >= 15 is 0 Å². The predicted octanol–water partition coefficient (Wildman–Crippen LogP) is 3.14. The normalized spacial score (nSPS) is 13.4. The van der Waals surface area contributed by atoms with Gasteiger partial charge in [0.25, 0.3) is 5.91 Å². The summed E-state index contributed by atoms with van der Waals surface area (Å²) in [4.78, 5) is 26.9. The first-order valence-electron chi connectivity index (χ1n) is 7.89. The lowest BCUT2D eigenvalue weighted by Gasteiger charge is -2.12. The lowest BCUT2D eigenvalue weighted by atomic mass is 10.1. The van der Waals surface area contributed by atoms with Crippen molar-refractivity contribution in [1.29, 1.82) is 0 Å². The Bertz CT molecular complexity index is 765. The molecule has 1 heterocycles. The number of carbonyl (C=O) groups is 2. The third kappa shape index (κ3) is 4.14. The predicted molar refractivity (Wildman–Crippen MR) is 94.9 cm³/mol. The number of carbonyl (C=O) groups excluding carboxylic acids is 2. The number of aryl methyl sites for hydroxylation is 1. The molecule has 5 nitrogen and oxygen atoms in total. The molecule has 1 saturated carbocycles. The van der Waals surface area contributed by atoms with Crippen LogP contribution in [0.1, 0.15) is 33.0 Å². The first-order chi connectivity index (χ1) is 11.5. The molecule has 0 aliphatic heterocycles. The molecule has 6 heteroatoms. The van der Waals surface area contributed by atoms with Crippen molar-refractivity contribution in [3.8, 4) is 5.75 Å². The number of benzene rings is 1. The number of thiophene rings is 1. The number of nitrogens with one attached hydrogen (secondary N) is 2. The second kappa shape index (κ2) is 7.05. The molecule has 2 amide bonds. The number of ether oxygens (including phenoxy) is 1. The van der Waals surface area contributed by atoms with Crippen LogP contribution in [0.2, 0.25) is 0 Å². The van der Waals surface area contributed by atoms with Crippen LogP contribution in [0.3, 0.4) is 0 Å². The van der Waals surface area contributed by atoms with E-state index in [2.05, 4.69) is 10.6 Å². The highest BCUT2D eigenvalue weighted by Gasteiger charge is 2.25. The van der Waals surface area contributed by atoms with Crippen molar-refractivity contribution in [1.82, 2.24) is 5.32 Å². The Kier molecular flexibility index (Phi) is 4.85. The fraction of sp³-hybridized carbons (Fsp3) is 0.333. The van der Waals surface area contributed by atoms with E-state index in [4.69, 9.17) is 4.74 Å². The van der Waals surface area contributed by atoms with Gasteiger partial charge in [0.05, 0.1) is 24.8 Å². The van der Waals surface area contributed by atoms with E-state index in [-0.39, 0.29) is 17.9 Å². The van der Waals surface area contributed by atoms with Crippen LogP contribution >= 0.6 is 11.3 Å². The van der Waals surface area contributed by atoms with Gasteiger partial charge in [0.2, 0.25) is 5.91 Å². The molecule has 3 rings (SSSR count). The molecule has 0 atom stereocenters. The maximum Gasteiger partial charge on any atom is 0.253 e. The number of hydrogen-bond donors (Lipinski definition) is 2. The van der Waals surface area contributed by atoms with Gasteiger partial charge in [0.1, 0.15) is 5.75 Å². The lowest BCUT2D eigenvalue weighted by molar-refractivity contribution is -0.115. The van der Waals surface area contributed by atoms with Crippen LogP contribution in [0, 0.1) is 6.92 Å². The number of anilines is 1. The van der Waals surface area contributed by atoms with Gasteiger partial charge in [0.15, 0.2) is 0 Å². The van der Waals surface area contributed by atoms with Crippen LogP contribution in [-0.4, -0.2) is 25.0 Å². The third-order valence-corrected chi connectivity index (χ3v) is 4.79. The maximum absolute atomic E-state index is 12.4. The van der Waals surface area contributed by atoms with Crippen LogP contribution in [0.25, 0.3) is 0 Å². The molecule has 1 aliphatic rings. The highest BCUT2D eigenvalue weighted by molar-refractivity contribution is 7.12. The fourth-order valence-corrected chi connectivity index (χ4v) is 3.26. The summed E-state index contributed by atoms with van der Waals surface area (Å²) in [6.45, 7) is 2.01. The Morgan fingerprint density at radius 3 is 2.67 bits per heavy atom. The molecule has 2 aromatic rings. The molecule has 1 aromatic carbocycles. The fourth-order valence-electron chi connectivity index (χ4n) is 2.37. The molecule has 0 saturated heterocycles. The Morgan fingerprint density at radius 2 is 2.04 bits per heavy atom. The zero-order chi connectivity index (χ0) is 17.1. The summed E-state index contributed by atoms with van der Waals surface area (Å²) in [7, 11) is 1.55. The number of rotatable bonds is 6. The Morgan fingerprint density at radius 1 is 1.25 bits per heavy atom. The van der Waals surface area contributed by atoms with E-state index in [0.29, 0.717) is 23.4 Å². The molecule has 1 aromatic heterocycles. The molecule has 0 spiro atoms. The minimum Gasteiger partial charge on any atom is -0.497 e. The summed E-state index contributed by atoms with van der Waals surface area (Å²) in [6, 6.07) is 9.30. The first-order valence-corrected chi connectivity index (χ1v) is 8.71. The van der Waals surface area contributed by atoms with E-state index in [1.54, 1.807) is 36.6 Å². The van der Waals surface area contributed by atoms with Crippen molar-refractivity contribution in [2.75, 3.05) is 12.4 Å². The molecule has 24 heavy (non-hydrogen) atoms. The van der Waals surface area contributed by atoms with Gasteiger partial charge in [-0.3, -0.25) is 9.59 Å². The Labute approximate surface area is 145 Å². The molecule has 1 aliphatic carbocycles. The van der Waals surface area contributed by atoms with Crippen LogP contribution in [-0.2, 0) is 11.2 Å². The van der Waals surface area contributed by atoms with E-state index in [1.165, 1.54) is 4.88 Å². The zero-order valence-electron chi connectivity index (χ0n) is 13.7. The van der Waals surface area contributed by atoms with Gasteiger partial charge in [-0.2, -0.15) is 0 Å². The van der Waals surface area contributed by atoms with Crippen molar-refractivity contribution in [2.45, 2.75) is 32.2 Å². The zero-order valence-corrected chi connectivity index (χ0v) is 14.5. The van der Waals surface area contributed by atoms with Crippen molar-refractivity contribution >= 4 is 28.8 Å². The number of amides is 2. The van der Waals surface area contributed by atoms with Gasteiger partial charge in [-0.25, -0.2) is 0 Å². The maximum atomic E-state index is 12.4. The first kappa shape index (κ1) is 16.5. The smallest absolute Gasteiger partial charge is 0.253 e. The minimum atomic E-state index is -0.182. The number of hydrogen-bond acceptors (Lipinski definition) is 4. The topological polar surface area (TPSA) is 67.4 Å². The standard InChI is InChI=1S/C18H20N2O3S/c1-11-3-7-14(24-11)10-17(21)20-16-8-6-13(23-2)9-15(16)18(22)19-12-4-5-12/h3,6-9,12H,4-5,10H2,1-2H3,(H,19,22)(H,20,21). The summed E-state index contributed by atoms with van der Waals surface area (Å²) in [5, 5.41) is 5.79. The van der Waals surface area contributed by atoms with E-state index in [1.807, 2.05) is 19.1 Å². The molecule has 2 N–H and O–H groups in total. The van der Waals surface area contributed by atoms with Crippen molar-refractivity contribution in [3.05, 3.63) is 45.6 Å². The van der Waals surface area contributed by atoms with E-state index < -0.39 is 0 Å². The highest BCUT2D eigenvalue weighted by atomic mass is 32.1. The molecule has 126 valence electrons. The highest BCUT2D eigenvalue weighted by Crippen LogP contribution is 2.25. The average molecular weight is 344 g/mol. The van der Waals surface area contributed by atoms with E-state index in [0.717, 1.165) is 17.7 Å². The number of methoxy groups -OCH3 is 1. The summed E-state index contributed by atoms with van der Waals surface area (Å²) >= 11 is 1.60. The Hall–Kier alpha value is -2.34. The second-order valence-electron chi connectivity index (χ2n) is 5.90. The lowest BCUT2D eigenvalue weighted by Crippen LogP contribution is -2.27. The van der Waals surface area contributed by atoms with Crippen LogP contribution in [0.4, 0.5) is 5.69 Å². The van der Waals surface area contributed by atoms with Crippen LogP contribution in [0.5, 0.6) is 5.75 Å². The molecule has 1 fully saturated rings. The Balaban J connectivity index is 1.75. The van der Waals surface area contributed by atoms with Crippen LogP contribution < -0.4 is 15.4 Å². The average Bonchev–Trinajstić information content (AvgIpc) is 3.28. The molecule has 0 unspecified atom stereocenters. The van der Waals surface area contributed by atoms with Gasteiger partial charge in [0, 0.05) is 15.8 Å². The van der Waals surface area contributed by atoms with Crippen molar-refractivity contribution in [2.24, 2.45) is 0 Å². The van der Waals surface area contributed by atoms with Gasteiger partial charge in [-0.1, -0.05) is 0 Å². The van der Waals surface area contributed by atoms with Crippen LogP contribution in [0.15, 0.2) is 30.3 Å². The third-order valence-electron chi connectivity index (χ3n) is 3.79. The summed E-state index contributed by atoms with van der Waals surface area (Å²) in [5.41, 5.74) is 0.934. The van der Waals surface area contributed by atoms with Gasteiger partial charge in [-0.15, -0.1) is 11.3 Å². The summed E-state index contributed by atoms with van der Waals surface area (Å²) in [5.74, 6) is 0.268. The van der Waals surface area contributed by atoms with Crippen molar-refractivity contribution in [3.63, 3.8) is 0 Å². The van der Waals surface area contributed by atoms with Gasteiger partial charge < -0.3 is 15.4 Å². The minimum absolute atomic E-state index is 0.137.